The van der Waals surface area contributed by atoms with Crippen molar-refractivity contribution in [3.8, 4) is 5.75 Å². The van der Waals surface area contributed by atoms with E-state index >= 15 is 0 Å². The van der Waals surface area contributed by atoms with Crippen LogP contribution in [0.5, 0.6) is 5.75 Å². The first-order valence-electron chi connectivity index (χ1n) is 9.01. The summed E-state index contributed by atoms with van der Waals surface area (Å²) in [6.07, 6.45) is 1.94. The highest BCUT2D eigenvalue weighted by molar-refractivity contribution is 6.03. The monoisotopic (exact) mass is 355 g/mol. The summed E-state index contributed by atoms with van der Waals surface area (Å²) in [5.74, 6) is 0.0488. The number of carbonyl (C=O) groups excluding carboxylic acids is 2. The lowest BCUT2D eigenvalue weighted by Gasteiger charge is -2.34. The largest absolute Gasteiger partial charge is 0.497 e. The summed E-state index contributed by atoms with van der Waals surface area (Å²) in [5.41, 5.74) is 3.79. The first-order valence-corrected chi connectivity index (χ1v) is 9.01. The molecule has 5 heteroatoms. The minimum absolute atomic E-state index is 0.0990. The second-order valence-corrected chi connectivity index (χ2v) is 6.99. The van der Waals surface area contributed by atoms with Crippen LogP contribution < -0.4 is 10.1 Å². The molecule has 26 heavy (non-hydrogen) atoms. The predicted molar refractivity (Wildman–Crippen MR) is 98.7 cm³/mol. The maximum Gasteiger partial charge on any atom is 0.337 e. The lowest BCUT2D eigenvalue weighted by atomic mass is 9.75. The summed E-state index contributed by atoms with van der Waals surface area (Å²) >= 11 is 0. The Hall–Kier alpha value is -2.56. The van der Waals surface area contributed by atoms with Crippen LogP contribution >= 0.6 is 0 Å². The quantitative estimate of drug-likeness (QED) is 0.836. The molecule has 1 heterocycles. The molecule has 1 atom stereocenters. The van der Waals surface area contributed by atoms with E-state index in [0.717, 1.165) is 35.5 Å². The highest BCUT2D eigenvalue weighted by atomic mass is 16.5. The molecule has 1 aliphatic carbocycles. The van der Waals surface area contributed by atoms with Gasteiger partial charge in [0.15, 0.2) is 5.78 Å². The molecule has 0 saturated carbocycles. The van der Waals surface area contributed by atoms with Gasteiger partial charge in [0, 0.05) is 29.3 Å². The number of nitrogens with one attached hydrogen (secondary N) is 1. The Kier molecular flexibility index (Phi) is 5.16. The van der Waals surface area contributed by atoms with Gasteiger partial charge in [0.25, 0.3) is 0 Å². The minimum atomic E-state index is -0.406. The van der Waals surface area contributed by atoms with Crippen molar-refractivity contribution in [3.63, 3.8) is 0 Å². The van der Waals surface area contributed by atoms with E-state index in [2.05, 4.69) is 5.32 Å². The molecule has 138 valence electrons. The van der Waals surface area contributed by atoms with Crippen LogP contribution in [-0.2, 0) is 14.3 Å². The molecule has 5 nitrogen and oxygen atoms in total. The normalized spacial score (nSPS) is 20.0. The third kappa shape index (κ3) is 3.39. The van der Waals surface area contributed by atoms with Crippen LogP contribution in [0.4, 0.5) is 0 Å². The number of hydrogen-bond donors (Lipinski definition) is 1. The van der Waals surface area contributed by atoms with Crippen molar-refractivity contribution in [2.24, 2.45) is 0 Å². The van der Waals surface area contributed by atoms with E-state index in [0.29, 0.717) is 17.6 Å². The number of esters is 1. The smallest absolute Gasteiger partial charge is 0.337 e. The molecular formula is C21H25NO4. The van der Waals surface area contributed by atoms with Crippen LogP contribution in [0.2, 0.25) is 0 Å². The number of hydrogen-bond acceptors (Lipinski definition) is 5. The Morgan fingerprint density at radius 2 is 1.88 bits per heavy atom. The molecule has 2 aliphatic rings. The van der Waals surface area contributed by atoms with Crippen molar-refractivity contribution in [3.05, 3.63) is 52.4 Å². The number of dihydropyridines is 1. The van der Waals surface area contributed by atoms with Crippen molar-refractivity contribution >= 4 is 11.8 Å². The zero-order valence-electron chi connectivity index (χ0n) is 15.7. The number of methoxy groups -OCH3 is 1. The number of carbonyl (C=O) groups is 2. The van der Waals surface area contributed by atoms with Gasteiger partial charge < -0.3 is 14.8 Å². The van der Waals surface area contributed by atoms with E-state index in [4.69, 9.17) is 9.47 Å². The predicted octanol–water partition coefficient (Wildman–Crippen LogP) is 3.61. The fraction of sp³-hybridized carbons (Fsp3) is 0.429. The van der Waals surface area contributed by atoms with E-state index in [-0.39, 0.29) is 17.9 Å². The molecule has 0 bridgehead atoms. The van der Waals surface area contributed by atoms with Crippen molar-refractivity contribution in [2.75, 3.05) is 7.11 Å². The third-order valence-electron chi connectivity index (χ3n) is 4.79. The molecule has 0 amide bonds. The first-order chi connectivity index (χ1) is 12.4. The molecule has 0 saturated heterocycles. The maximum atomic E-state index is 12.8. The van der Waals surface area contributed by atoms with E-state index in [1.807, 2.05) is 45.0 Å². The van der Waals surface area contributed by atoms with Crippen molar-refractivity contribution < 1.29 is 19.1 Å². The third-order valence-corrected chi connectivity index (χ3v) is 4.79. The van der Waals surface area contributed by atoms with Crippen molar-refractivity contribution in [1.82, 2.24) is 5.32 Å². The molecule has 3 rings (SSSR count). The van der Waals surface area contributed by atoms with Crippen LogP contribution in [0.1, 0.15) is 51.5 Å². The number of rotatable bonds is 4. The van der Waals surface area contributed by atoms with Gasteiger partial charge in [0.2, 0.25) is 0 Å². The summed E-state index contributed by atoms with van der Waals surface area (Å²) in [5, 5.41) is 3.29. The van der Waals surface area contributed by atoms with Gasteiger partial charge in [-0.15, -0.1) is 0 Å². The molecule has 1 aliphatic heterocycles. The van der Waals surface area contributed by atoms with E-state index < -0.39 is 5.92 Å². The summed E-state index contributed by atoms with van der Waals surface area (Å²) in [6, 6.07) is 7.53. The van der Waals surface area contributed by atoms with Crippen LogP contribution in [0.15, 0.2) is 46.8 Å². The molecule has 1 aromatic carbocycles. The van der Waals surface area contributed by atoms with E-state index in [9.17, 15) is 9.59 Å². The van der Waals surface area contributed by atoms with E-state index in [1.54, 1.807) is 7.11 Å². The summed E-state index contributed by atoms with van der Waals surface area (Å²) in [6.45, 7) is 5.52. The Balaban J connectivity index is 2.11. The topological polar surface area (TPSA) is 64.6 Å². The van der Waals surface area contributed by atoms with Gasteiger partial charge in [-0.05, 0) is 51.3 Å². The Labute approximate surface area is 154 Å². The highest BCUT2D eigenvalue weighted by Gasteiger charge is 2.39. The van der Waals surface area contributed by atoms with E-state index in [1.165, 1.54) is 0 Å². The maximum absolute atomic E-state index is 12.8. The molecule has 0 fully saturated rings. The van der Waals surface area contributed by atoms with Gasteiger partial charge in [-0.25, -0.2) is 4.79 Å². The van der Waals surface area contributed by atoms with Gasteiger partial charge in [0.05, 0.1) is 18.8 Å². The van der Waals surface area contributed by atoms with Crippen LogP contribution in [0.3, 0.4) is 0 Å². The number of Topliss-reactive ketones (excluding diaryl/α,β-unsaturated/α-hetero) is 1. The first kappa shape index (κ1) is 18.2. The molecule has 1 aromatic rings. The molecular weight excluding hydrogens is 330 g/mol. The zero-order valence-corrected chi connectivity index (χ0v) is 15.7. The van der Waals surface area contributed by atoms with Crippen LogP contribution in [-0.4, -0.2) is 25.0 Å². The SMILES string of the molecule is COc1ccc([C@H]2C(C(=O)OC(C)C)=C(C)NC3=C2C(=O)CCC3)cc1. The van der Waals surface area contributed by atoms with Crippen LogP contribution in [0, 0.1) is 0 Å². The Morgan fingerprint density at radius 3 is 2.50 bits per heavy atom. The number of ether oxygens (including phenoxy) is 2. The molecule has 1 N–H and O–H groups in total. The van der Waals surface area contributed by atoms with Gasteiger partial charge in [0.1, 0.15) is 5.75 Å². The number of ketones is 1. The standard InChI is InChI=1S/C21H25NO4/c1-12(2)26-21(24)18-13(3)22-16-6-5-7-17(23)20(16)19(18)14-8-10-15(25-4)11-9-14/h8-12,19,22H,5-7H2,1-4H3/t19-/m0/s1. The number of benzene rings is 1. The van der Waals surface area contributed by atoms with Crippen molar-refractivity contribution in [2.45, 2.75) is 52.1 Å². The van der Waals surface area contributed by atoms with Gasteiger partial charge in [-0.2, -0.15) is 0 Å². The number of allylic oxidation sites excluding steroid dienone is 3. The Morgan fingerprint density at radius 1 is 1.19 bits per heavy atom. The lowest BCUT2D eigenvalue weighted by Crippen LogP contribution is -2.34. The zero-order chi connectivity index (χ0) is 18.8. The second kappa shape index (κ2) is 7.36. The van der Waals surface area contributed by atoms with Crippen LogP contribution in [0.25, 0.3) is 0 Å². The second-order valence-electron chi connectivity index (χ2n) is 6.99. The fourth-order valence-electron chi connectivity index (χ4n) is 3.66. The molecule has 0 aromatic heterocycles. The van der Waals surface area contributed by atoms with Gasteiger partial charge in [-0.1, -0.05) is 12.1 Å². The average molecular weight is 355 g/mol. The fourth-order valence-corrected chi connectivity index (χ4v) is 3.66. The van der Waals surface area contributed by atoms with Gasteiger partial charge in [-0.3, -0.25) is 4.79 Å². The molecule has 0 unspecified atom stereocenters. The van der Waals surface area contributed by atoms with Gasteiger partial charge >= 0.3 is 5.97 Å². The highest BCUT2D eigenvalue weighted by Crippen LogP contribution is 2.42. The lowest BCUT2D eigenvalue weighted by molar-refractivity contribution is -0.143. The molecule has 0 radical (unpaired) electrons. The summed E-state index contributed by atoms with van der Waals surface area (Å²) in [7, 11) is 1.61. The van der Waals surface area contributed by atoms with Crippen molar-refractivity contribution in [1.29, 1.82) is 0 Å². The summed E-state index contributed by atoms with van der Waals surface area (Å²) < 4.78 is 10.7. The Bertz CT molecular complexity index is 787. The minimum Gasteiger partial charge on any atom is -0.497 e. The average Bonchev–Trinajstić information content (AvgIpc) is 2.60. The summed E-state index contributed by atoms with van der Waals surface area (Å²) in [4.78, 5) is 25.6. The molecule has 0 spiro atoms.